The number of rotatable bonds is 7. The Balaban J connectivity index is 0.000000617. The fraction of sp³-hybridized carbons (Fsp3) is 0.194. The van der Waals surface area contributed by atoms with E-state index in [2.05, 4.69) is 29.8 Å². The van der Waals surface area contributed by atoms with E-state index in [1.807, 2.05) is 103 Å². The van der Waals surface area contributed by atoms with Crippen LogP contribution in [0.15, 0.2) is 108 Å². The number of nitrogens with one attached hydrogen (secondary N) is 3. The first-order valence-corrected chi connectivity index (χ1v) is 12.8. The second-order valence-electron chi connectivity index (χ2n) is 8.81. The van der Waals surface area contributed by atoms with Crippen molar-refractivity contribution in [3.05, 3.63) is 109 Å². The van der Waals surface area contributed by atoms with Gasteiger partial charge in [-0.2, -0.15) is 10.1 Å². The Bertz CT molecular complexity index is 1410. The summed E-state index contributed by atoms with van der Waals surface area (Å²) < 4.78 is 0. The second-order valence-corrected chi connectivity index (χ2v) is 8.81. The highest BCUT2D eigenvalue weighted by atomic mass is 16.2. The Morgan fingerprint density at radius 3 is 2.05 bits per heavy atom. The largest absolute Gasteiger partial charge is 0.350 e. The third-order valence-corrected chi connectivity index (χ3v) is 6.08. The average Bonchev–Trinajstić information content (AvgIpc) is 3.21. The van der Waals surface area contributed by atoms with Gasteiger partial charge in [0.05, 0.1) is 5.69 Å². The predicted octanol–water partition coefficient (Wildman–Crippen LogP) is 5.15. The normalized spacial score (nSPS) is 16.4. The summed E-state index contributed by atoms with van der Waals surface area (Å²) in [5.74, 6) is -0.745. The van der Waals surface area contributed by atoms with E-state index in [4.69, 9.17) is 5.10 Å². The van der Waals surface area contributed by atoms with Crippen LogP contribution < -0.4 is 21.0 Å². The summed E-state index contributed by atoms with van der Waals surface area (Å²) in [4.78, 5) is 26.5. The molecule has 0 fully saturated rings. The molecule has 7 heteroatoms. The zero-order chi connectivity index (χ0) is 27.0. The topological polar surface area (TPSA) is 85.8 Å². The van der Waals surface area contributed by atoms with Crippen LogP contribution in [0, 0.1) is 0 Å². The highest BCUT2D eigenvalue weighted by molar-refractivity contribution is 6.33. The van der Waals surface area contributed by atoms with Crippen LogP contribution in [0.1, 0.15) is 26.3 Å². The van der Waals surface area contributed by atoms with Crippen LogP contribution in [-0.2, 0) is 9.59 Å². The Morgan fingerprint density at radius 1 is 0.816 bits per heavy atom. The van der Waals surface area contributed by atoms with Gasteiger partial charge in [-0.05, 0) is 48.1 Å². The minimum absolute atomic E-state index is 0.352. The molecule has 0 saturated carbocycles. The van der Waals surface area contributed by atoms with E-state index >= 15 is 0 Å². The van der Waals surface area contributed by atoms with Crippen LogP contribution >= 0.6 is 0 Å². The third-order valence-electron chi connectivity index (χ3n) is 6.08. The zero-order valence-electron chi connectivity index (χ0n) is 21.9. The summed E-state index contributed by atoms with van der Waals surface area (Å²) in [6.07, 6.45) is 0. The van der Waals surface area contributed by atoms with E-state index in [1.54, 1.807) is 0 Å². The van der Waals surface area contributed by atoms with Crippen LogP contribution in [0.3, 0.4) is 0 Å². The van der Waals surface area contributed by atoms with Gasteiger partial charge in [0.15, 0.2) is 0 Å². The number of carbonyl (C=O) groups is 2. The molecule has 3 N–H and O–H groups in total. The summed E-state index contributed by atoms with van der Waals surface area (Å²) >= 11 is 0. The molecule has 38 heavy (non-hydrogen) atoms. The molecule has 1 aliphatic heterocycles. The zero-order valence-corrected chi connectivity index (χ0v) is 21.9. The fourth-order valence-electron chi connectivity index (χ4n) is 4.42. The molecule has 0 aliphatic carbocycles. The quantitative estimate of drug-likeness (QED) is 0.302. The molecular formula is C31H33N5O2. The maximum Gasteiger partial charge on any atom is 0.300 e. The van der Waals surface area contributed by atoms with Crippen molar-refractivity contribution in [2.75, 3.05) is 23.4 Å². The van der Waals surface area contributed by atoms with Gasteiger partial charge in [-0.25, -0.2) is 0 Å². The van der Waals surface area contributed by atoms with Crippen molar-refractivity contribution in [3.63, 3.8) is 0 Å². The lowest BCUT2D eigenvalue weighted by molar-refractivity contribution is -0.127. The number of nitrogens with zero attached hydrogens (tertiary/aromatic N) is 2. The van der Waals surface area contributed by atoms with Crippen molar-refractivity contribution >= 4 is 39.7 Å². The highest BCUT2D eigenvalue weighted by Crippen LogP contribution is 2.33. The fourth-order valence-corrected chi connectivity index (χ4v) is 4.42. The number of anilines is 2. The summed E-state index contributed by atoms with van der Waals surface area (Å²) in [6.45, 7) is 7.79. The molecule has 5 rings (SSSR count). The minimum Gasteiger partial charge on any atom is -0.350 e. The lowest BCUT2D eigenvalue weighted by atomic mass is 9.92. The van der Waals surface area contributed by atoms with E-state index in [1.165, 1.54) is 11.9 Å². The maximum atomic E-state index is 14.0. The molecule has 1 atom stereocenters. The van der Waals surface area contributed by atoms with Crippen molar-refractivity contribution in [3.8, 4) is 0 Å². The van der Waals surface area contributed by atoms with E-state index in [0.29, 0.717) is 17.1 Å². The summed E-state index contributed by atoms with van der Waals surface area (Å²) in [6, 6.07) is 32.3. The van der Waals surface area contributed by atoms with Gasteiger partial charge < -0.3 is 16.0 Å². The van der Waals surface area contributed by atoms with Gasteiger partial charge >= 0.3 is 5.91 Å². The van der Waals surface area contributed by atoms with Crippen LogP contribution in [0.2, 0.25) is 0 Å². The average molecular weight is 508 g/mol. The first-order chi connectivity index (χ1) is 18.5. The maximum absolute atomic E-state index is 14.0. The molecular weight excluding hydrogens is 474 g/mol. The molecule has 1 unspecified atom stereocenters. The molecule has 7 nitrogen and oxygen atoms in total. The first-order valence-electron chi connectivity index (χ1n) is 12.8. The lowest BCUT2D eigenvalue weighted by Gasteiger charge is -2.32. The molecule has 2 amide bonds. The molecule has 1 aliphatic rings. The van der Waals surface area contributed by atoms with Gasteiger partial charge in [0.25, 0.3) is 0 Å². The van der Waals surface area contributed by atoms with Gasteiger partial charge in [-0.3, -0.25) is 9.59 Å². The number of hydrogen-bond donors (Lipinski definition) is 3. The highest BCUT2D eigenvalue weighted by Gasteiger charge is 2.53. The molecule has 0 bridgehead atoms. The van der Waals surface area contributed by atoms with Crippen molar-refractivity contribution in [2.45, 2.75) is 26.4 Å². The number of benzene rings is 4. The molecule has 0 saturated heterocycles. The van der Waals surface area contributed by atoms with Crippen LogP contribution in [0.25, 0.3) is 10.8 Å². The molecule has 4 aromatic carbocycles. The van der Waals surface area contributed by atoms with E-state index in [0.717, 1.165) is 29.4 Å². The van der Waals surface area contributed by atoms with Crippen LogP contribution in [0.5, 0.6) is 0 Å². The van der Waals surface area contributed by atoms with Crippen molar-refractivity contribution in [1.29, 1.82) is 0 Å². The van der Waals surface area contributed by atoms with E-state index < -0.39 is 11.6 Å². The molecule has 1 heterocycles. The SMILES string of the molecule is CC(=O)NC1(Nc2ccccc2)C(=O)N(c2ccccc2)N=C1c1cccc2ccccc12.CCNCC. The monoisotopic (exact) mass is 507 g/mol. The third kappa shape index (κ3) is 5.58. The number of amides is 2. The molecule has 0 radical (unpaired) electrons. The Morgan fingerprint density at radius 2 is 1.42 bits per heavy atom. The number of hydrazone groups is 1. The number of hydrogen-bond acceptors (Lipinski definition) is 5. The summed E-state index contributed by atoms with van der Waals surface area (Å²) in [5, 5.41) is 17.4. The summed E-state index contributed by atoms with van der Waals surface area (Å²) in [7, 11) is 0. The van der Waals surface area contributed by atoms with E-state index in [9.17, 15) is 9.59 Å². The molecule has 194 valence electrons. The van der Waals surface area contributed by atoms with Crippen molar-refractivity contribution < 1.29 is 9.59 Å². The van der Waals surface area contributed by atoms with Gasteiger partial charge in [0.1, 0.15) is 5.71 Å². The van der Waals surface area contributed by atoms with E-state index in [-0.39, 0.29) is 5.91 Å². The molecule has 0 spiro atoms. The minimum atomic E-state index is -1.59. The predicted molar refractivity (Wildman–Crippen MR) is 155 cm³/mol. The Labute approximate surface area is 223 Å². The van der Waals surface area contributed by atoms with Crippen LogP contribution in [0.4, 0.5) is 11.4 Å². The summed E-state index contributed by atoms with van der Waals surface area (Å²) in [5.41, 5.74) is 0.890. The first kappa shape index (κ1) is 26.6. The molecule has 4 aromatic rings. The Kier molecular flexibility index (Phi) is 8.51. The van der Waals surface area contributed by atoms with Gasteiger partial charge in [-0.1, -0.05) is 92.7 Å². The Hall–Kier alpha value is -4.49. The molecule has 0 aromatic heterocycles. The second kappa shape index (κ2) is 12.2. The van der Waals surface area contributed by atoms with Gasteiger partial charge in [-0.15, -0.1) is 0 Å². The van der Waals surface area contributed by atoms with Crippen molar-refractivity contribution in [2.24, 2.45) is 5.10 Å². The van der Waals surface area contributed by atoms with Crippen molar-refractivity contribution in [1.82, 2.24) is 10.6 Å². The van der Waals surface area contributed by atoms with Crippen LogP contribution in [-0.4, -0.2) is 36.3 Å². The number of fused-ring (bicyclic) bond motifs is 1. The van der Waals surface area contributed by atoms with Gasteiger partial charge in [0, 0.05) is 18.2 Å². The lowest BCUT2D eigenvalue weighted by Crippen LogP contribution is -2.64. The number of carbonyl (C=O) groups excluding carboxylic acids is 2. The number of para-hydroxylation sites is 2. The smallest absolute Gasteiger partial charge is 0.300 e. The van der Waals surface area contributed by atoms with Gasteiger partial charge in [0.2, 0.25) is 11.6 Å². The standard InChI is InChI=1S/C27H22N4O2.C4H11N/c1-19(32)28-27(29-21-13-4-2-5-14-21)25(24-18-10-12-20-11-8-9-17-23(20)24)30-31(26(27)33)22-15-6-3-7-16-22;1-3-5-4-2/h2-18,29H,1H3,(H,28,32);5H,3-4H2,1-2H3.